The van der Waals surface area contributed by atoms with Crippen molar-refractivity contribution < 1.29 is 24.5 Å². The van der Waals surface area contributed by atoms with Crippen molar-refractivity contribution >= 4 is 35.1 Å². The number of ether oxygens (including phenoxy) is 1. The summed E-state index contributed by atoms with van der Waals surface area (Å²) in [4.78, 5) is 24.9. The van der Waals surface area contributed by atoms with Crippen LogP contribution in [0.1, 0.15) is 35.4 Å². The molecule has 0 spiro atoms. The van der Waals surface area contributed by atoms with Crippen LogP contribution in [-0.2, 0) is 4.79 Å². The van der Waals surface area contributed by atoms with Gasteiger partial charge in [-0.3, -0.25) is 25.5 Å². The molecule has 0 saturated carbocycles. The Kier molecular flexibility index (Phi) is 9.94. The van der Waals surface area contributed by atoms with Crippen molar-refractivity contribution in [2.45, 2.75) is 30.8 Å². The third-order valence-corrected chi connectivity index (χ3v) is 7.45. The number of rotatable bonds is 13. The van der Waals surface area contributed by atoms with E-state index in [0.717, 1.165) is 0 Å². The second-order valence-corrected chi connectivity index (χ2v) is 9.69. The lowest BCUT2D eigenvalue weighted by atomic mass is 9.98. The molecule has 1 heterocycles. The van der Waals surface area contributed by atoms with Gasteiger partial charge in [0, 0.05) is 6.07 Å². The number of carbonyl (C=O) groups excluding carboxylic acids is 1. The van der Waals surface area contributed by atoms with Gasteiger partial charge in [-0.25, -0.2) is 4.68 Å². The average Bonchev–Trinajstić information content (AvgIpc) is 3.37. The number of aromatic nitrogens is 2. The number of hydrogen-bond donors (Lipinski definition) is 6. The van der Waals surface area contributed by atoms with Crippen LogP contribution in [-0.4, -0.2) is 71.0 Å². The van der Waals surface area contributed by atoms with Gasteiger partial charge in [0.2, 0.25) is 5.88 Å². The second kappa shape index (κ2) is 12.8. The molecule has 3 aromatic rings. The lowest BCUT2D eigenvalue weighted by Gasteiger charge is -2.44. The Bertz CT molecular complexity index is 1300. The SMILES string of the molecule is CNC(C)(NC)[C@](O)(COc1cc(C(=O)N[C@@H](CC(=O)O)c2cccc(Cl)c2Cl)nn1-c1ccccc1)NC. The van der Waals surface area contributed by atoms with E-state index in [1.54, 1.807) is 70.5 Å². The lowest BCUT2D eigenvalue weighted by Crippen LogP contribution is -2.74. The van der Waals surface area contributed by atoms with Crippen LogP contribution in [0.2, 0.25) is 10.0 Å². The molecule has 0 aliphatic carbocycles. The Balaban J connectivity index is 1.96. The van der Waals surface area contributed by atoms with Gasteiger partial charge in [-0.05, 0) is 51.8 Å². The maximum Gasteiger partial charge on any atom is 0.305 e. The molecule has 210 valence electrons. The molecule has 0 aliphatic heterocycles. The van der Waals surface area contributed by atoms with E-state index in [1.807, 2.05) is 6.07 Å². The molecule has 3 rings (SSSR count). The molecule has 1 amide bonds. The van der Waals surface area contributed by atoms with Crippen molar-refractivity contribution in [2.75, 3.05) is 27.7 Å². The maximum absolute atomic E-state index is 13.3. The quantitative estimate of drug-likeness (QED) is 0.168. The summed E-state index contributed by atoms with van der Waals surface area (Å²) >= 11 is 12.4. The molecule has 0 unspecified atom stereocenters. The Labute approximate surface area is 236 Å². The van der Waals surface area contributed by atoms with Crippen molar-refractivity contribution in [3.63, 3.8) is 0 Å². The molecule has 0 aliphatic rings. The zero-order valence-corrected chi connectivity index (χ0v) is 23.5. The molecule has 0 saturated heterocycles. The highest BCUT2D eigenvalue weighted by molar-refractivity contribution is 6.42. The van der Waals surface area contributed by atoms with Crippen LogP contribution < -0.4 is 26.0 Å². The lowest BCUT2D eigenvalue weighted by molar-refractivity contribution is -0.137. The van der Waals surface area contributed by atoms with Crippen molar-refractivity contribution in [3.05, 3.63) is 75.9 Å². The summed E-state index contributed by atoms with van der Waals surface area (Å²) in [6, 6.07) is 14.2. The summed E-state index contributed by atoms with van der Waals surface area (Å²) in [7, 11) is 4.97. The molecule has 1 aromatic heterocycles. The van der Waals surface area contributed by atoms with E-state index in [9.17, 15) is 19.8 Å². The number of carbonyl (C=O) groups is 2. The minimum absolute atomic E-state index is 0.0413. The standard InChI is InChI=1S/C26H32Cl2N6O5/c1-25(29-2,30-3)26(38,31-4)15-39-21-13-20(33-34(21)16-9-6-5-7-10-16)24(37)32-19(14-22(35)36)17-11-8-12-18(27)23(17)28/h5-13,19,29-31,38H,14-15H2,1-4H3,(H,32,37)(H,35,36)/t19-,26+/m0/s1. The average molecular weight is 579 g/mol. The van der Waals surface area contributed by atoms with Crippen molar-refractivity contribution in [1.29, 1.82) is 0 Å². The summed E-state index contributed by atoms with van der Waals surface area (Å²) in [5, 5.41) is 37.2. The number of carboxylic acid groups (broad SMARTS) is 1. The number of aliphatic carboxylic acids is 1. The van der Waals surface area contributed by atoms with Gasteiger partial charge >= 0.3 is 5.97 Å². The molecule has 11 nitrogen and oxygen atoms in total. The van der Waals surface area contributed by atoms with E-state index >= 15 is 0 Å². The fourth-order valence-corrected chi connectivity index (χ4v) is 4.39. The monoisotopic (exact) mass is 578 g/mol. The molecule has 0 fully saturated rings. The molecule has 0 radical (unpaired) electrons. The molecule has 2 aromatic carbocycles. The van der Waals surface area contributed by atoms with E-state index in [1.165, 1.54) is 10.7 Å². The zero-order chi connectivity index (χ0) is 28.8. The van der Waals surface area contributed by atoms with Gasteiger partial charge in [0.15, 0.2) is 11.4 Å². The normalized spacial score (nSPS) is 13.9. The van der Waals surface area contributed by atoms with Crippen molar-refractivity contribution in [1.82, 2.24) is 31.0 Å². The van der Waals surface area contributed by atoms with Gasteiger partial charge in [0.25, 0.3) is 5.91 Å². The van der Waals surface area contributed by atoms with Gasteiger partial charge in [0.05, 0.1) is 28.2 Å². The van der Waals surface area contributed by atoms with E-state index in [-0.39, 0.29) is 28.2 Å². The first-order valence-electron chi connectivity index (χ1n) is 12.0. The number of hydrogen-bond acceptors (Lipinski definition) is 8. The highest BCUT2D eigenvalue weighted by atomic mass is 35.5. The largest absolute Gasteiger partial charge is 0.481 e. The van der Waals surface area contributed by atoms with E-state index < -0.39 is 35.7 Å². The van der Waals surface area contributed by atoms with Gasteiger partial charge in [-0.15, -0.1) is 0 Å². The van der Waals surface area contributed by atoms with Crippen LogP contribution >= 0.6 is 23.2 Å². The number of amides is 1. The molecular formula is C26H32Cl2N6O5. The van der Waals surface area contributed by atoms with Crippen LogP contribution in [0.5, 0.6) is 5.88 Å². The van der Waals surface area contributed by atoms with Gasteiger partial charge in [-0.1, -0.05) is 53.5 Å². The Hall–Kier alpha value is -3.19. The summed E-state index contributed by atoms with van der Waals surface area (Å²) in [5.74, 6) is -1.63. The first-order valence-corrected chi connectivity index (χ1v) is 12.8. The van der Waals surface area contributed by atoms with E-state index in [4.69, 9.17) is 27.9 Å². The first kappa shape index (κ1) is 30.4. The smallest absolute Gasteiger partial charge is 0.305 e. The number of para-hydroxylation sites is 1. The minimum Gasteiger partial charge on any atom is -0.481 e. The topological polar surface area (TPSA) is 150 Å². The molecular weight excluding hydrogens is 547 g/mol. The first-order chi connectivity index (χ1) is 18.5. The molecule has 39 heavy (non-hydrogen) atoms. The summed E-state index contributed by atoms with van der Waals surface area (Å²) in [5.41, 5.74) is -1.65. The van der Waals surface area contributed by atoms with Crippen LogP contribution in [0.3, 0.4) is 0 Å². The third kappa shape index (κ3) is 6.70. The fraction of sp³-hybridized carbons (Fsp3) is 0.346. The summed E-state index contributed by atoms with van der Waals surface area (Å²) in [6.07, 6.45) is -0.434. The highest BCUT2D eigenvalue weighted by Crippen LogP contribution is 2.32. The van der Waals surface area contributed by atoms with E-state index in [2.05, 4.69) is 26.4 Å². The number of nitrogens with zero attached hydrogens (tertiary/aromatic N) is 2. The third-order valence-electron chi connectivity index (χ3n) is 6.62. The highest BCUT2D eigenvalue weighted by Gasteiger charge is 2.45. The summed E-state index contributed by atoms with van der Waals surface area (Å²) in [6.45, 7) is 1.52. The number of likely N-dealkylation sites (N-methyl/N-ethyl adjacent to an activating group) is 3. The van der Waals surface area contributed by atoms with Crippen LogP contribution in [0.4, 0.5) is 0 Å². The number of halogens is 2. The number of carboxylic acids is 1. The molecule has 6 N–H and O–H groups in total. The van der Waals surface area contributed by atoms with Crippen LogP contribution in [0.15, 0.2) is 54.6 Å². The number of benzene rings is 2. The number of nitrogens with one attached hydrogen (secondary N) is 4. The minimum atomic E-state index is -1.58. The predicted molar refractivity (Wildman–Crippen MR) is 149 cm³/mol. The van der Waals surface area contributed by atoms with Gasteiger partial charge in [-0.2, -0.15) is 5.10 Å². The van der Waals surface area contributed by atoms with Crippen LogP contribution in [0, 0.1) is 0 Å². The Morgan fingerprint density at radius 1 is 1.05 bits per heavy atom. The van der Waals surface area contributed by atoms with Gasteiger partial charge < -0.3 is 20.3 Å². The fourth-order valence-electron chi connectivity index (χ4n) is 3.95. The Morgan fingerprint density at radius 3 is 2.31 bits per heavy atom. The second-order valence-electron chi connectivity index (χ2n) is 8.91. The predicted octanol–water partition coefficient (Wildman–Crippen LogP) is 2.57. The summed E-state index contributed by atoms with van der Waals surface area (Å²) < 4.78 is 7.43. The molecule has 13 heteroatoms. The van der Waals surface area contributed by atoms with Crippen molar-refractivity contribution in [2.24, 2.45) is 0 Å². The maximum atomic E-state index is 13.3. The van der Waals surface area contributed by atoms with Crippen LogP contribution in [0.25, 0.3) is 5.69 Å². The van der Waals surface area contributed by atoms with E-state index in [0.29, 0.717) is 11.3 Å². The molecule has 2 atom stereocenters. The number of aliphatic hydroxyl groups is 1. The van der Waals surface area contributed by atoms with Gasteiger partial charge in [0.1, 0.15) is 12.3 Å². The Morgan fingerprint density at radius 2 is 1.72 bits per heavy atom. The zero-order valence-electron chi connectivity index (χ0n) is 22.0. The van der Waals surface area contributed by atoms with Crippen molar-refractivity contribution in [3.8, 4) is 11.6 Å². The molecule has 0 bridgehead atoms.